The van der Waals surface area contributed by atoms with Crippen molar-refractivity contribution in [1.29, 1.82) is 0 Å². The number of aliphatic hydroxyl groups is 2. The van der Waals surface area contributed by atoms with Crippen LogP contribution in [0.2, 0.25) is 10.0 Å². The minimum absolute atomic E-state index is 0.100. The summed E-state index contributed by atoms with van der Waals surface area (Å²) in [5, 5.41) is 20.5. The van der Waals surface area contributed by atoms with Crippen LogP contribution in [0.4, 0.5) is 8.78 Å². The number of fused-ring (bicyclic) bond motifs is 1. The van der Waals surface area contributed by atoms with Crippen molar-refractivity contribution in [2.75, 3.05) is 6.61 Å². The van der Waals surface area contributed by atoms with Gasteiger partial charge in [0.05, 0.1) is 34.3 Å². The molecular formula is C23H25Cl2F2NO3. The van der Waals surface area contributed by atoms with Crippen LogP contribution in [-0.4, -0.2) is 45.7 Å². The van der Waals surface area contributed by atoms with Crippen molar-refractivity contribution in [2.45, 2.75) is 57.2 Å². The van der Waals surface area contributed by atoms with Gasteiger partial charge in [-0.2, -0.15) is 0 Å². The van der Waals surface area contributed by atoms with Gasteiger partial charge in [0.25, 0.3) is 12.3 Å². The molecule has 4 nitrogen and oxygen atoms in total. The third-order valence-corrected chi connectivity index (χ3v) is 6.63. The lowest BCUT2D eigenvalue weighted by Crippen LogP contribution is -2.48. The van der Waals surface area contributed by atoms with Gasteiger partial charge < -0.3 is 15.1 Å². The normalized spacial score (nSPS) is 20.5. The second-order valence-electron chi connectivity index (χ2n) is 8.17. The maximum absolute atomic E-state index is 13.4. The highest BCUT2D eigenvalue weighted by Crippen LogP contribution is 2.38. The summed E-state index contributed by atoms with van der Waals surface area (Å²) in [4.78, 5) is 15.0. The van der Waals surface area contributed by atoms with E-state index in [4.69, 9.17) is 23.2 Å². The molecule has 1 heterocycles. The first-order chi connectivity index (χ1) is 14.6. The van der Waals surface area contributed by atoms with Crippen LogP contribution in [0.5, 0.6) is 0 Å². The molecule has 3 rings (SSSR count). The van der Waals surface area contributed by atoms with Gasteiger partial charge in [-0.3, -0.25) is 4.79 Å². The summed E-state index contributed by atoms with van der Waals surface area (Å²) < 4.78 is 26.1. The Bertz CT molecular complexity index is 948. The lowest BCUT2D eigenvalue weighted by molar-refractivity contribution is -0.0874. The first kappa shape index (κ1) is 23.9. The Labute approximate surface area is 190 Å². The number of alkyl halides is 2. The van der Waals surface area contributed by atoms with Crippen LogP contribution in [-0.2, 0) is 12.8 Å². The van der Waals surface area contributed by atoms with E-state index < -0.39 is 24.1 Å². The van der Waals surface area contributed by atoms with Crippen molar-refractivity contribution >= 4 is 29.1 Å². The van der Waals surface area contributed by atoms with Gasteiger partial charge in [0.2, 0.25) is 0 Å². The fourth-order valence-corrected chi connectivity index (χ4v) is 4.71. The highest BCUT2D eigenvalue weighted by Gasteiger charge is 2.38. The monoisotopic (exact) mass is 471 g/mol. The van der Waals surface area contributed by atoms with Crippen LogP contribution in [0, 0.1) is 0 Å². The number of halogens is 4. The molecule has 1 amide bonds. The summed E-state index contributed by atoms with van der Waals surface area (Å²) in [6, 6.07) is 9.44. The van der Waals surface area contributed by atoms with Crippen molar-refractivity contribution in [3.8, 4) is 0 Å². The van der Waals surface area contributed by atoms with E-state index in [1.165, 1.54) is 0 Å². The summed E-state index contributed by atoms with van der Waals surface area (Å²) >= 11 is 12.5. The zero-order chi connectivity index (χ0) is 22.9. The number of carbonyl (C=O) groups is 1. The Morgan fingerprint density at radius 1 is 1.23 bits per heavy atom. The molecule has 0 radical (unpaired) electrons. The number of amides is 1. The van der Waals surface area contributed by atoms with Gasteiger partial charge in [0.15, 0.2) is 0 Å². The van der Waals surface area contributed by atoms with E-state index >= 15 is 0 Å². The molecule has 2 aromatic rings. The molecule has 0 saturated heterocycles. The van der Waals surface area contributed by atoms with Gasteiger partial charge in [-0.05, 0) is 61.9 Å². The third-order valence-electron chi connectivity index (χ3n) is 6.00. The molecule has 0 fully saturated rings. The molecule has 1 aliphatic heterocycles. The topological polar surface area (TPSA) is 60.8 Å². The molecule has 0 spiro atoms. The van der Waals surface area contributed by atoms with Crippen molar-refractivity contribution in [2.24, 2.45) is 0 Å². The van der Waals surface area contributed by atoms with E-state index in [1.54, 1.807) is 23.1 Å². The lowest BCUT2D eigenvalue weighted by Gasteiger charge is -2.42. The van der Waals surface area contributed by atoms with Crippen molar-refractivity contribution in [3.05, 3.63) is 68.7 Å². The van der Waals surface area contributed by atoms with E-state index in [-0.39, 0.29) is 41.0 Å². The number of nitrogens with zero attached hydrogens (tertiary/aromatic N) is 1. The predicted molar refractivity (Wildman–Crippen MR) is 117 cm³/mol. The Kier molecular flexibility index (Phi) is 7.26. The number of benzene rings is 2. The largest absolute Gasteiger partial charge is 0.394 e. The summed E-state index contributed by atoms with van der Waals surface area (Å²) in [6.45, 7) is 2.70. The van der Waals surface area contributed by atoms with Crippen molar-refractivity contribution in [3.63, 3.8) is 0 Å². The summed E-state index contributed by atoms with van der Waals surface area (Å²) in [7, 11) is 0. The van der Waals surface area contributed by atoms with Gasteiger partial charge in [0.1, 0.15) is 5.60 Å². The number of aliphatic hydroxyl groups excluding tert-OH is 1. The predicted octanol–water partition coefficient (Wildman–Crippen LogP) is 5.06. The fourth-order valence-electron chi connectivity index (χ4n) is 4.15. The van der Waals surface area contributed by atoms with Crippen LogP contribution in [0.3, 0.4) is 0 Å². The van der Waals surface area contributed by atoms with E-state index in [2.05, 4.69) is 0 Å². The van der Waals surface area contributed by atoms with Gasteiger partial charge in [-0.25, -0.2) is 8.78 Å². The van der Waals surface area contributed by atoms with Gasteiger partial charge in [0, 0.05) is 0 Å². The van der Waals surface area contributed by atoms with E-state index in [0.717, 1.165) is 23.6 Å². The quantitative estimate of drug-likeness (QED) is 0.618. The van der Waals surface area contributed by atoms with Crippen LogP contribution in [0.1, 0.15) is 53.4 Å². The molecular weight excluding hydrogens is 447 g/mol. The Balaban J connectivity index is 1.96. The molecule has 1 aliphatic rings. The number of hydrogen-bond acceptors (Lipinski definition) is 3. The second-order valence-corrected chi connectivity index (χ2v) is 8.98. The Morgan fingerprint density at radius 3 is 2.42 bits per heavy atom. The first-order valence-electron chi connectivity index (χ1n) is 10.1. The van der Waals surface area contributed by atoms with Gasteiger partial charge in [-0.1, -0.05) is 47.5 Å². The molecule has 8 heteroatoms. The molecule has 1 unspecified atom stereocenters. The third kappa shape index (κ3) is 4.72. The van der Waals surface area contributed by atoms with Crippen molar-refractivity contribution < 1.29 is 23.8 Å². The average molecular weight is 472 g/mol. The maximum atomic E-state index is 13.4. The lowest BCUT2D eigenvalue weighted by atomic mass is 9.83. The highest BCUT2D eigenvalue weighted by molar-refractivity contribution is 6.39. The fraction of sp³-hybridized carbons (Fsp3) is 0.435. The maximum Gasteiger partial charge on any atom is 0.266 e. The smallest absolute Gasteiger partial charge is 0.266 e. The zero-order valence-electron chi connectivity index (χ0n) is 17.3. The number of aryl methyl sites for hydroxylation is 1. The number of carbonyl (C=O) groups excluding carboxylic acids is 1. The minimum Gasteiger partial charge on any atom is -0.394 e. The zero-order valence-corrected chi connectivity index (χ0v) is 18.8. The van der Waals surface area contributed by atoms with E-state index in [1.807, 2.05) is 25.1 Å². The van der Waals surface area contributed by atoms with Crippen molar-refractivity contribution in [1.82, 2.24) is 4.90 Å². The molecule has 0 saturated carbocycles. The van der Waals surface area contributed by atoms with Gasteiger partial charge in [-0.15, -0.1) is 0 Å². The number of hydrogen-bond donors (Lipinski definition) is 2. The average Bonchev–Trinajstić information content (AvgIpc) is 2.71. The summed E-state index contributed by atoms with van der Waals surface area (Å²) in [5.41, 5.74) is 0.710. The Hall–Kier alpha value is -1.73. The van der Waals surface area contributed by atoms with E-state index in [0.29, 0.717) is 6.42 Å². The molecule has 2 aromatic carbocycles. The standard InChI is InChI=1S/C23H25Cl2F2NO3/c1-13-16-6-3-5-14(9-10-23(2,31)22(26)27)17(16)11-15(12-29)28(13)21(30)20-18(24)7-4-8-19(20)25/h3-8,13,15,22,29,31H,9-12H2,1-2H3/t13-,15+,23?/m0/s1. The summed E-state index contributed by atoms with van der Waals surface area (Å²) in [5.74, 6) is -0.376. The highest BCUT2D eigenvalue weighted by atomic mass is 35.5. The molecule has 3 atom stereocenters. The molecule has 168 valence electrons. The molecule has 2 N–H and O–H groups in total. The molecule has 0 aliphatic carbocycles. The molecule has 0 bridgehead atoms. The Morgan fingerprint density at radius 2 is 1.84 bits per heavy atom. The van der Waals surface area contributed by atoms with Crippen LogP contribution < -0.4 is 0 Å². The van der Waals surface area contributed by atoms with Gasteiger partial charge >= 0.3 is 0 Å². The van der Waals surface area contributed by atoms with Crippen LogP contribution >= 0.6 is 23.2 Å². The molecule has 31 heavy (non-hydrogen) atoms. The van der Waals surface area contributed by atoms with Crippen LogP contribution in [0.15, 0.2) is 36.4 Å². The van der Waals surface area contributed by atoms with Crippen LogP contribution in [0.25, 0.3) is 0 Å². The molecule has 0 aromatic heterocycles. The van der Waals surface area contributed by atoms with E-state index in [9.17, 15) is 23.8 Å². The summed E-state index contributed by atoms with van der Waals surface area (Å²) in [6.07, 6.45) is -2.33. The number of rotatable bonds is 6. The second kappa shape index (κ2) is 9.41. The first-order valence-corrected chi connectivity index (χ1v) is 10.8. The minimum atomic E-state index is -2.84. The SMILES string of the molecule is C[C@H]1c2cccc(CCC(C)(O)C(F)F)c2C[C@H](CO)N1C(=O)c1c(Cl)cccc1Cl.